The molecule has 1 aliphatic heterocycles. The Bertz CT molecular complexity index is 1570. The first-order valence-corrected chi connectivity index (χ1v) is 14.1. The number of rotatable bonds is 8. The average molecular weight is 549 g/mol. The second-order valence-corrected chi connectivity index (χ2v) is 11.6. The summed E-state index contributed by atoms with van der Waals surface area (Å²) in [5, 5.41) is 11.9. The lowest BCUT2D eigenvalue weighted by molar-refractivity contribution is -0.123. The van der Waals surface area contributed by atoms with Crippen LogP contribution in [0.15, 0.2) is 83.8 Å². The van der Waals surface area contributed by atoms with Crippen LogP contribution in [0.2, 0.25) is 0 Å². The van der Waals surface area contributed by atoms with Crippen LogP contribution in [0.5, 0.6) is 5.75 Å². The second-order valence-electron chi connectivity index (χ2n) is 8.72. The van der Waals surface area contributed by atoms with Crippen LogP contribution in [0.1, 0.15) is 38.8 Å². The first-order valence-electron chi connectivity index (χ1n) is 11.8. The average Bonchev–Trinajstić information content (AvgIpc) is 3.55. The molecule has 0 bridgehead atoms. The van der Waals surface area contributed by atoms with Gasteiger partial charge in [0.25, 0.3) is 15.9 Å². The van der Waals surface area contributed by atoms with Crippen LogP contribution in [0.4, 0.5) is 5.13 Å². The predicted molar refractivity (Wildman–Crippen MR) is 143 cm³/mol. The second kappa shape index (κ2) is 10.7. The summed E-state index contributed by atoms with van der Waals surface area (Å²) in [6, 6.07) is 23.2. The van der Waals surface area contributed by atoms with Gasteiger partial charge in [-0.25, -0.2) is 12.7 Å². The van der Waals surface area contributed by atoms with E-state index in [-0.39, 0.29) is 35.1 Å². The van der Waals surface area contributed by atoms with Gasteiger partial charge >= 0.3 is 0 Å². The Morgan fingerprint density at radius 1 is 1.05 bits per heavy atom. The van der Waals surface area contributed by atoms with Crippen LogP contribution in [-0.4, -0.2) is 48.4 Å². The standard InChI is InChI=1S/C27H24N4O5S2/c1-36-22-13-12-20(26(33)28-27-30-29-24(37-27)14-18-8-4-2-5-9-18)15-23(22)38(34,35)31-17-21(16-25(31)32)19-10-6-3-7-11-19/h2-13,15,21H,14,16-17H2,1H3,(H,28,30,33)/t21-/m0/s1. The molecule has 11 heteroatoms. The first kappa shape index (κ1) is 25.6. The Hall–Kier alpha value is -4.09. The van der Waals surface area contributed by atoms with E-state index in [1.165, 1.54) is 36.6 Å². The molecule has 5 rings (SSSR count). The van der Waals surface area contributed by atoms with E-state index in [9.17, 15) is 18.0 Å². The van der Waals surface area contributed by atoms with Crippen LogP contribution >= 0.6 is 11.3 Å². The van der Waals surface area contributed by atoms with Gasteiger partial charge in [-0.05, 0) is 29.3 Å². The van der Waals surface area contributed by atoms with Crippen molar-refractivity contribution in [1.82, 2.24) is 14.5 Å². The van der Waals surface area contributed by atoms with Crippen LogP contribution in [0, 0.1) is 0 Å². The monoisotopic (exact) mass is 548 g/mol. The number of nitrogens with one attached hydrogen (secondary N) is 1. The number of carbonyl (C=O) groups is 2. The third-order valence-electron chi connectivity index (χ3n) is 6.24. The van der Waals surface area contributed by atoms with Crippen LogP contribution in [-0.2, 0) is 21.2 Å². The summed E-state index contributed by atoms with van der Waals surface area (Å²) in [5.41, 5.74) is 2.04. The molecule has 2 amide bonds. The summed E-state index contributed by atoms with van der Waals surface area (Å²) < 4.78 is 33.3. The number of sulfonamides is 1. The largest absolute Gasteiger partial charge is 0.495 e. The Balaban J connectivity index is 1.36. The van der Waals surface area contributed by atoms with Gasteiger partial charge in [0.15, 0.2) is 0 Å². The highest BCUT2D eigenvalue weighted by Gasteiger charge is 2.40. The Labute approximate surface area is 224 Å². The van der Waals surface area contributed by atoms with Gasteiger partial charge in [0.1, 0.15) is 15.7 Å². The van der Waals surface area contributed by atoms with E-state index in [4.69, 9.17) is 4.74 Å². The summed E-state index contributed by atoms with van der Waals surface area (Å²) >= 11 is 1.24. The van der Waals surface area contributed by atoms with Crippen LogP contribution in [0.3, 0.4) is 0 Å². The fraction of sp³-hybridized carbons (Fsp3) is 0.185. The van der Waals surface area contributed by atoms with Crippen molar-refractivity contribution < 1.29 is 22.7 Å². The van der Waals surface area contributed by atoms with E-state index in [0.29, 0.717) is 11.6 Å². The van der Waals surface area contributed by atoms with Crippen molar-refractivity contribution in [3.63, 3.8) is 0 Å². The zero-order valence-electron chi connectivity index (χ0n) is 20.4. The van der Waals surface area contributed by atoms with Crippen molar-refractivity contribution in [2.24, 2.45) is 0 Å². The number of hydrogen-bond acceptors (Lipinski definition) is 8. The van der Waals surface area contributed by atoms with Crippen molar-refractivity contribution in [1.29, 1.82) is 0 Å². The minimum absolute atomic E-state index is 0.0136. The highest BCUT2D eigenvalue weighted by molar-refractivity contribution is 7.89. The molecule has 38 heavy (non-hydrogen) atoms. The molecule has 2 heterocycles. The number of nitrogens with zero attached hydrogens (tertiary/aromatic N) is 3. The van der Waals surface area contributed by atoms with Gasteiger partial charge in [-0.3, -0.25) is 14.9 Å². The third-order valence-corrected chi connectivity index (χ3v) is 8.88. The molecule has 0 saturated carbocycles. The fourth-order valence-corrected chi connectivity index (χ4v) is 6.72. The molecule has 194 valence electrons. The van der Waals surface area contributed by atoms with E-state index in [2.05, 4.69) is 15.5 Å². The highest BCUT2D eigenvalue weighted by Crippen LogP contribution is 2.35. The maximum Gasteiger partial charge on any atom is 0.270 e. The molecule has 1 fully saturated rings. The summed E-state index contributed by atoms with van der Waals surface area (Å²) in [5.74, 6) is -1.27. The number of anilines is 1. The molecular weight excluding hydrogens is 524 g/mol. The smallest absolute Gasteiger partial charge is 0.270 e. The molecule has 1 aromatic heterocycles. The molecule has 1 saturated heterocycles. The number of amides is 2. The minimum Gasteiger partial charge on any atom is -0.495 e. The number of aromatic nitrogens is 2. The predicted octanol–water partition coefficient (Wildman–Crippen LogP) is 4.09. The van der Waals surface area contributed by atoms with Gasteiger partial charge in [-0.15, -0.1) is 10.2 Å². The summed E-state index contributed by atoms with van der Waals surface area (Å²) in [6.07, 6.45) is 0.654. The molecule has 0 spiro atoms. The zero-order valence-corrected chi connectivity index (χ0v) is 22.0. The molecule has 1 N–H and O–H groups in total. The number of hydrogen-bond donors (Lipinski definition) is 1. The fourth-order valence-electron chi connectivity index (χ4n) is 4.31. The molecule has 1 aliphatic rings. The van der Waals surface area contributed by atoms with Gasteiger partial charge in [-0.2, -0.15) is 0 Å². The molecule has 0 aliphatic carbocycles. The van der Waals surface area contributed by atoms with Gasteiger partial charge < -0.3 is 4.74 Å². The number of carbonyl (C=O) groups excluding carboxylic acids is 2. The van der Waals surface area contributed by atoms with E-state index in [0.717, 1.165) is 20.4 Å². The SMILES string of the molecule is COc1ccc(C(=O)Nc2nnc(Cc3ccccc3)s2)cc1S(=O)(=O)N1C[C@@H](c2ccccc2)CC1=O. The zero-order chi connectivity index (χ0) is 26.7. The number of ether oxygens (including phenoxy) is 1. The van der Waals surface area contributed by atoms with Crippen molar-refractivity contribution in [2.75, 3.05) is 19.0 Å². The summed E-state index contributed by atoms with van der Waals surface area (Å²) in [7, 11) is -2.94. The van der Waals surface area contributed by atoms with Crippen molar-refractivity contribution in [3.8, 4) is 5.75 Å². The highest BCUT2D eigenvalue weighted by atomic mass is 32.2. The third kappa shape index (κ3) is 5.29. The topological polar surface area (TPSA) is 119 Å². The molecule has 4 aromatic rings. The Morgan fingerprint density at radius 2 is 1.76 bits per heavy atom. The lowest BCUT2D eigenvalue weighted by Crippen LogP contribution is -2.32. The first-order chi connectivity index (χ1) is 18.3. The van der Waals surface area contributed by atoms with Crippen LogP contribution < -0.4 is 10.1 Å². The van der Waals surface area contributed by atoms with Crippen LogP contribution in [0.25, 0.3) is 0 Å². The quantitative estimate of drug-likeness (QED) is 0.352. The van der Waals surface area contributed by atoms with Gasteiger partial charge in [0.05, 0.1) is 7.11 Å². The molecule has 3 aromatic carbocycles. The van der Waals surface area contributed by atoms with Crippen molar-refractivity contribution in [2.45, 2.75) is 23.7 Å². The van der Waals surface area contributed by atoms with Gasteiger partial charge in [0, 0.05) is 30.9 Å². The molecule has 1 atom stereocenters. The van der Waals surface area contributed by atoms with E-state index in [1.54, 1.807) is 0 Å². The summed E-state index contributed by atoms with van der Waals surface area (Å²) in [4.78, 5) is 25.5. The lowest BCUT2D eigenvalue weighted by atomic mass is 9.99. The number of methoxy groups -OCH3 is 1. The Morgan fingerprint density at radius 3 is 2.47 bits per heavy atom. The molecule has 9 nitrogen and oxygen atoms in total. The van der Waals surface area contributed by atoms with Crippen molar-refractivity contribution in [3.05, 3.63) is 101 Å². The molecular formula is C27H24N4O5S2. The van der Waals surface area contributed by atoms with E-state index >= 15 is 0 Å². The number of benzene rings is 3. The lowest BCUT2D eigenvalue weighted by Gasteiger charge is -2.19. The normalized spacial score (nSPS) is 15.4. The van der Waals surface area contributed by atoms with Gasteiger partial charge in [-0.1, -0.05) is 72.0 Å². The van der Waals surface area contributed by atoms with E-state index in [1.807, 2.05) is 60.7 Å². The minimum atomic E-state index is -4.28. The summed E-state index contributed by atoms with van der Waals surface area (Å²) in [6.45, 7) is 0.0136. The van der Waals surface area contributed by atoms with E-state index < -0.39 is 21.8 Å². The maximum absolute atomic E-state index is 13.6. The van der Waals surface area contributed by atoms with Crippen molar-refractivity contribution >= 4 is 38.3 Å². The van der Waals surface area contributed by atoms with Gasteiger partial charge in [0.2, 0.25) is 11.0 Å². The Kier molecular flexibility index (Phi) is 7.21. The molecule has 0 unspecified atom stereocenters. The maximum atomic E-state index is 13.6. The molecule has 0 radical (unpaired) electrons.